The number of hydrogen-bond donors (Lipinski definition) is 1. The van der Waals surface area contributed by atoms with Gasteiger partial charge in [0.2, 0.25) is 5.95 Å². The maximum absolute atomic E-state index is 4.16. The minimum atomic E-state index is 0.155. The third-order valence-electron chi connectivity index (χ3n) is 3.96. The van der Waals surface area contributed by atoms with Gasteiger partial charge in [-0.2, -0.15) is 4.68 Å². The molecule has 5 heteroatoms. The average Bonchev–Trinajstić information content (AvgIpc) is 2.93. The molecule has 96 valence electrons. The molecular weight excluding hydrogens is 238 g/mol. The Morgan fingerprint density at radius 3 is 2.84 bits per heavy atom. The lowest BCUT2D eigenvalue weighted by Gasteiger charge is -2.32. The van der Waals surface area contributed by atoms with Crippen LogP contribution in [0.15, 0.2) is 41.6 Å². The number of tetrazole rings is 1. The van der Waals surface area contributed by atoms with Crippen LogP contribution in [0.1, 0.15) is 37.3 Å². The van der Waals surface area contributed by atoms with Crippen molar-refractivity contribution in [2.24, 2.45) is 0 Å². The van der Waals surface area contributed by atoms with Crippen molar-refractivity contribution in [1.82, 2.24) is 20.2 Å². The summed E-state index contributed by atoms with van der Waals surface area (Å²) in [4.78, 5) is 0. The van der Waals surface area contributed by atoms with Gasteiger partial charge in [0.05, 0.1) is 0 Å². The van der Waals surface area contributed by atoms with Crippen LogP contribution >= 0.6 is 0 Å². The van der Waals surface area contributed by atoms with E-state index in [-0.39, 0.29) is 6.04 Å². The monoisotopic (exact) mass is 253 g/mol. The molecule has 5 nitrogen and oxygen atoms in total. The fraction of sp³-hybridized carbons (Fsp3) is 0.357. The molecule has 0 spiro atoms. The zero-order valence-electron chi connectivity index (χ0n) is 10.6. The number of allylic oxidation sites excluding steroid dienone is 2. The molecule has 0 bridgehead atoms. The van der Waals surface area contributed by atoms with E-state index in [1.54, 1.807) is 0 Å². The highest BCUT2D eigenvalue weighted by Crippen LogP contribution is 2.40. The lowest BCUT2D eigenvalue weighted by molar-refractivity contribution is 0.506. The van der Waals surface area contributed by atoms with Crippen molar-refractivity contribution in [3.63, 3.8) is 0 Å². The van der Waals surface area contributed by atoms with Gasteiger partial charge in [0.25, 0.3) is 0 Å². The van der Waals surface area contributed by atoms with Gasteiger partial charge in [-0.3, -0.25) is 0 Å². The second kappa shape index (κ2) is 4.19. The number of hydrogen-bond acceptors (Lipinski definition) is 4. The normalized spacial score (nSPS) is 21.6. The van der Waals surface area contributed by atoms with Crippen molar-refractivity contribution in [2.75, 3.05) is 5.32 Å². The predicted octanol–water partition coefficient (Wildman–Crippen LogP) is 2.52. The molecule has 1 N–H and O–H groups in total. The van der Waals surface area contributed by atoms with Crippen LogP contribution in [0.2, 0.25) is 0 Å². The Morgan fingerprint density at radius 2 is 1.95 bits per heavy atom. The molecule has 1 atom stereocenters. The Labute approximate surface area is 111 Å². The number of aromatic nitrogens is 4. The Bertz CT molecular complexity index is 628. The second-order valence-corrected chi connectivity index (χ2v) is 5.10. The summed E-state index contributed by atoms with van der Waals surface area (Å²) < 4.78 is 1.90. The van der Waals surface area contributed by atoms with Crippen LogP contribution in [0.3, 0.4) is 0 Å². The maximum Gasteiger partial charge on any atom is 0.248 e. The first-order valence-corrected chi connectivity index (χ1v) is 6.75. The Balaban J connectivity index is 1.88. The first-order chi connectivity index (χ1) is 9.43. The van der Waals surface area contributed by atoms with Gasteiger partial charge in [0, 0.05) is 5.70 Å². The predicted molar refractivity (Wildman–Crippen MR) is 71.5 cm³/mol. The van der Waals surface area contributed by atoms with Crippen molar-refractivity contribution >= 4 is 5.95 Å². The van der Waals surface area contributed by atoms with E-state index in [1.165, 1.54) is 29.7 Å². The smallest absolute Gasteiger partial charge is 0.248 e. The molecule has 2 heterocycles. The van der Waals surface area contributed by atoms with Gasteiger partial charge in [-0.1, -0.05) is 35.4 Å². The van der Waals surface area contributed by atoms with E-state index in [0.717, 1.165) is 18.8 Å². The van der Waals surface area contributed by atoms with E-state index in [4.69, 9.17) is 0 Å². The van der Waals surface area contributed by atoms with Crippen LogP contribution in [-0.4, -0.2) is 20.2 Å². The van der Waals surface area contributed by atoms with E-state index in [2.05, 4.69) is 45.1 Å². The Morgan fingerprint density at radius 1 is 1.11 bits per heavy atom. The molecule has 19 heavy (non-hydrogen) atoms. The highest BCUT2D eigenvalue weighted by atomic mass is 15.6. The van der Waals surface area contributed by atoms with Gasteiger partial charge in [0.15, 0.2) is 0 Å². The lowest BCUT2D eigenvalue weighted by atomic mass is 9.86. The summed E-state index contributed by atoms with van der Waals surface area (Å²) in [6.07, 6.45) is 4.73. The van der Waals surface area contributed by atoms with Crippen molar-refractivity contribution in [3.05, 3.63) is 47.2 Å². The number of rotatable bonds is 1. The quantitative estimate of drug-likeness (QED) is 0.848. The van der Waals surface area contributed by atoms with Crippen LogP contribution < -0.4 is 5.32 Å². The van der Waals surface area contributed by atoms with Crippen molar-refractivity contribution < 1.29 is 0 Å². The third kappa shape index (κ3) is 1.65. The lowest BCUT2D eigenvalue weighted by Crippen LogP contribution is -2.27. The first kappa shape index (κ1) is 10.7. The van der Waals surface area contributed by atoms with E-state index < -0.39 is 0 Å². The summed E-state index contributed by atoms with van der Waals surface area (Å²) in [5.41, 5.74) is 4.02. The zero-order chi connectivity index (χ0) is 12.7. The van der Waals surface area contributed by atoms with Crippen LogP contribution in [-0.2, 0) is 0 Å². The molecular formula is C14H15N5. The molecule has 0 radical (unpaired) electrons. The summed E-state index contributed by atoms with van der Waals surface area (Å²) in [5.74, 6) is 0.759. The summed E-state index contributed by atoms with van der Waals surface area (Å²) >= 11 is 0. The topological polar surface area (TPSA) is 55.6 Å². The van der Waals surface area contributed by atoms with E-state index in [0.29, 0.717) is 0 Å². The molecule has 1 aliphatic heterocycles. The van der Waals surface area contributed by atoms with Crippen molar-refractivity contribution in [3.8, 4) is 0 Å². The fourth-order valence-corrected chi connectivity index (χ4v) is 3.08. The molecule has 1 aromatic carbocycles. The molecule has 0 amide bonds. The van der Waals surface area contributed by atoms with Crippen molar-refractivity contribution in [1.29, 1.82) is 0 Å². The standard InChI is InChI=1S/C14H15N5/c1-2-6-10(7-3-1)13-11-8-4-5-9-12(11)15-14-16-17-18-19(13)14/h1-3,6-7,13H,4-5,8-9H2,(H,15,16,18)/t13-/m1/s1. The largest absolute Gasteiger partial charge is 0.327 e. The molecule has 2 aliphatic rings. The first-order valence-electron chi connectivity index (χ1n) is 6.75. The molecule has 0 fully saturated rings. The van der Waals surface area contributed by atoms with Gasteiger partial charge in [-0.25, -0.2) is 0 Å². The average molecular weight is 253 g/mol. The number of benzene rings is 1. The summed E-state index contributed by atoms with van der Waals surface area (Å²) in [7, 11) is 0. The number of nitrogens with one attached hydrogen (secondary N) is 1. The fourth-order valence-electron chi connectivity index (χ4n) is 3.08. The summed E-state index contributed by atoms with van der Waals surface area (Å²) in [6.45, 7) is 0. The minimum Gasteiger partial charge on any atom is -0.327 e. The van der Waals surface area contributed by atoms with Crippen LogP contribution in [0.4, 0.5) is 5.95 Å². The summed E-state index contributed by atoms with van der Waals surface area (Å²) in [6, 6.07) is 10.7. The van der Waals surface area contributed by atoms with E-state index in [1.807, 2.05) is 10.7 Å². The molecule has 0 saturated carbocycles. The Hall–Kier alpha value is -2.17. The van der Waals surface area contributed by atoms with Gasteiger partial charge in [0.1, 0.15) is 6.04 Å². The number of anilines is 1. The van der Waals surface area contributed by atoms with Gasteiger partial charge >= 0.3 is 0 Å². The molecule has 4 rings (SSSR count). The molecule has 0 saturated heterocycles. The second-order valence-electron chi connectivity index (χ2n) is 5.10. The Kier molecular flexibility index (Phi) is 2.36. The van der Waals surface area contributed by atoms with Gasteiger partial charge in [-0.05, 0) is 47.2 Å². The molecule has 1 aromatic heterocycles. The van der Waals surface area contributed by atoms with Crippen molar-refractivity contribution in [2.45, 2.75) is 31.7 Å². The highest BCUT2D eigenvalue weighted by Gasteiger charge is 2.31. The third-order valence-corrected chi connectivity index (χ3v) is 3.96. The molecule has 0 unspecified atom stereocenters. The van der Waals surface area contributed by atoms with E-state index in [9.17, 15) is 0 Å². The summed E-state index contributed by atoms with van der Waals surface area (Å²) in [5, 5.41) is 15.4. The number of fused-ring (bicyclic) bond motifs is 1. The minimum absolute atomic E-state index is 0.155. The van der Waals surface area contributed by atoms with Crippen LogP contribution in [0.5, 0.6) is 0 Å². The van der Waals surface area contributed by atoms with E-state index >= 15 is 0 Å². The van der Waals surface area contributed by atoms with Gasteiger partial charge in [-0.15, -0.1) is 0 Å². The number of nitrogens with zero attached hydrogens (tertiary/aromatic N) is 4. The van der Waals surface area contributed by atoms with Gasteiger partial charge < -0.3 is 5.32 Å². The van der Waals surface area contributed by atoms with Crippen LogP contribution in [0, 0.1) is 0 Å². The zero-order valence-corrected chi connectivity index (χ0v) is 10.6. The molecule has 1 aliphatic carbocycles. The highest BCUT2D eigenvalue weighted by molar-refractivity contribution is 5.47. The SMILES string of the molecule is c1ccc([C@@H]2C3=C(CCCC3)Nc3nnnn32)cc1. The molecule has 2 aromatic rings. The maximum atomic E-state index is 4.16. The van der Waals surface area contributed by atoms with Crippen LogP contribution in [0.25, 0.3) is 0 Å².